The van der Waals surface area contributed by atoms with E-state index in [4.69, 9.17) is 14.6 Å². The first-order valence-electron chi connectivity index (χ1n) is 5.25. The van der Waals surface area contributed by atoms with E-state index >= 15 is 0 Å². The molecule has 1 aromatic rings. The molecule has 0 aliphatic rings. The average molecular weight is 317 g/mol. The van der Waals surface area contributed by atoms with E-state index in [1.54, 1.807) is 13.8 Å². The van der Waals surface area contributed by atoms with Crippen LogP contribution >= 0.6 is 15.9 Å². The fourth-order valence-corrected chi connectivity index (χ4v) is 1.68. The predicted octanol–water partition coefficient (Wildman–Crippen LogP) is 2.48. The summed E-state index contributed by atoms with van der Waals surface area (Å²) in [6, 6.07) is 4.29. The number of hydrogen-bond donors (Lipinski definition) is 1. The van der Waals surface area contributed by atoms with Crippen molar-refractivity contribution in [1.82, 2.24) is 0 Å². The normalized spacial score (nSPS) is 10.2. The molecule has 0 aromatic heterocycles. The van der Waals surface area contributed by atoms with Gasteiger partial charge in [0.25, 0.3) is 0 Å². The summed E-state index contributed by atoms with van der Waals surface area (Å²) in [5.41, 5.74) is 0.138. The first-order valence-corrected chi connectivity index (χ1v) is 6.04. The summed E-state index contributed by atoms with van der Waals surface area (Å²) in [4.78, 5) is 22.0. The monoisotopic (exact) mass is 316 g/mol. The fraction of sp³-hybridized carbons (Fsp3) is 0.333. The van der Waals surface area contributed by atoms with Crippen LogP contribution in [0.5, 0.6) is 5.75 Å². The lowest BCUT2D eigenvalue weighted by Gasteiger charge is -2.10. The Balaban J connectivity index is 2.63. The molecule has 0 aliphatic heterocycles. The highest BCUT2D eigenvalue weighted by Crippen LogP contribution is 2.26. The minimum atomic E-state index is -1.03. The smallest absolute Gasteiger partial charge is 0.344 e. The van der Waals surface area contributed by atoms with Gasteiger partial charge in [-0.1, -0.05) is 0 Å². The Bertz CT molecular complexity index is 456. The van der Waals surface area contributed by atoms with Gasteiger partial charge in [0, 0.05) is 0 Å². The fourth-order valence-electron chi connectivity index (χ4n) is 1.18. The highest BCUT2D eigenvalue weighted by molar-refractivity contribution is 9.10. The number of esters is 1. The quantitative estimate of drug-likeness (QED) is 0.845. The molecular weight excluding hydrogens is 304 g/mol. The van der Waals surface area contributed by atoms with E-state index in [2.05, 4.69) is 15.9 Å². The highest BCUT2D eigenvalue weighted by atomic mass is 79.9. The Morgan fingerprint density at radius 2 is 2.06 bits per heavy atom. The van der Waals surface area contributed by atoms with Crippen molar-refractivity contribution in [3.05, 3.63) is 28.2 Å². The number of halogens is 1. The topological polar surface area (TPSA) is 72.8 Å². The second kappa shape index (κ2) is 6.39. The number of ether oxygens (including phenoxy) is 2. The zero-order valence-corrected chi connectivity index (χ0v) is 11.6. The van der Waals surface area contributed by atoms with Crippen LogP contribution in [0.1, 0.15) is 24.2 Å². The molecule has 0 aliphatic carbocycles. The predicted molar refractivity (Wildman–Crippen MR) is 67.8 cm³/mol. The Hall–Kier alpha value is -1.56. The lowest BCUT2D eigenvalue weighted by molar-refractivity contribution is -0.149. The number of rotatable bonds is 5. The first-order chi connectivity index (χ1) is 8.40. The zero-order valence-electron chi connectivity index (χ0n) is 9.97. The SMILES string of the molecule is CC(C)OC(=O)COc1ccc(C(=O)O)cc1Br. The maximum atomic E-state index is 11.3. The second-order valence-electron chi connectivity index (χ2n) is 3.78. The van der Waals surface area contributed by atoms with Crippen LogP contribution in [-0.2, 0) is 9.53 Å². The summed E-state index contributed by atoms with van der Waals surface area (Å²) in [5.74, 6) is -1.11. The Kier molecular flexibility index (Phi) is 5.15. The molecule has 0 heterocycles. The molecule has 0 spiro atoms. The maximum Gasteiger partial charge on any atom is 0.344 e. The molecule has 0 saturated carbocycles. The van der Waals surface area contributed by atoms with Gasteiger partial charge in [0.05, 0.1) is 16.1 Å². The van der Waals surface area contributed by atoms with Crippen molar-refractivity contribution in [2.75, 3.05) is 6.61 Å². The number of carbonyl (C=O) groups excluding carboxylic acids is 1. The molecule has 18 heavy (non-hydrogen) atoms. The van der Waals surface area contributed by atoms with Crippen LogP contribution < -0.4 is 4.74 Å². The van der Waals surface area contributed by atoms with Crippen molar-refractivity contribution >= 4 is 27.9 Å². The molecule has 0 fully saturated rings. The standard InChI is InChI=1S/C12H13BrO5/c1-7(2)18-11(14)6-17-10-4-3-8(12(15)16)5-9(10)13/h3-5,7H,6H2,1-2H3,(H,15,16). The van der Waals surface area contributed by atoms with Crippen molar-refractivity contribution in [3.63, 3.8) is 0 Å². The molecule has 98 valence electrons. The third kappa shape index (κ3) is 4.37. The maximum absolute atomic E-state index is 11.3. The molecule has 0 amide bonds. The van der Waals surface area contributed by atoms with Gasteiger partial charge in [-0.3, -0.25) is 0 Å². The van der Waals surface area contributed by atoms with E-state index < -0.39 is 11.9 Å². The highest BCUT2D eigenvalue weighted by Gasteiger charge is 2.10. The van der Waals surface area contributed by atoms with Crippen LogP contribution in [0.15, 0.2) is 22.7 Å². The van der Waals surface area contributed by atoms with Gasteiger partial charge < -0.3 is 14.6 Å². The van der Waals surface area contributed by atoms with E-state index in [9.17, 15) is 9.59 Å². The largest absolute Gasteiger partial charge is 0.481 e. The molecule has 1 rings (SSSR count). The van der Waals surface area contributed by atoms with E-state index in [1.807, 2.05) is 0 Å². The number of carboxylic acids is 1. The number of hydrogen-bond acceptors (Lipinski definition) is 4. The van der Waals surface area contributed by atoms with Gasteiger partial charge in [-0.15, -0.1) is 0 Å². The van der Waals surface area contributed by atoms with Crippen molar-refractivity contribution in [1.29, 1.82) is 0 Å². The van der Waals surface area contributed by atoms with Crippen LogP contribution in [0.4, 0.5) is 0 Å². The molecule has 1 aromatic carbocycles. The molecular formula is C12H13BrO5. The summed E-state index contributed by atoms with van der Waals surface area (Å²) >= 11 is 3.18. The molecule has 0 radical (unpaired) electrons. The Morgan fingerprint density at radius 1 is 1.39 bits per heavy atom. The van der Waals surface area contributed by atoms with Crippen molar-refractivity contribution in [2.45, 2.75) is 20.0 Å². The van der Waals surface area contributed by atoms with E-state index in [0.29, 0.717) is 10.2 Å². The van der Waals surface area contributed by atoms with Gasteiger partial charge in [0.2, 0.25) is 0 Å². The van der Waals surface area contributed by atoms with E-state index in [0.717, 1.165) is 0 Å². The molecule has 6 heteroatoms. The molecule has 0 saturated heterocycles. The van der Waals surface area contributed by atoms with Gasteiger partial charge in [0.15, 0.2) is 6.61 Å². The minimum absolute atomic E-state index is 0.138. The third-order valence-corrected chi connectivity index (χ3v) is 2.51. The van der Waals surface area contributed by atoms with Gasteiger partial charge in [-0.05, 0) is 48.0 Å². The van der Waals surface area contributed by atoms with Crippen molar-refractivity contribution in [2.24, 2.45) is 0 Å². The number of carboxylic acid groups (broad SMARTS) is 1. The lowest BCUT2D eigenvalue weighted by atomic mass is 10.2. The van der Waals surface area contributed by atoms with Gasteiger partial charge in [-0.2, -0.15) is 0 Å². The molecule has 1 N–H and O–H groups in total. The minimum Gasteiger partial charge on any atom is -0.481 e. The Labute approximate surface area is 113 Å². The second-order valence-corrected chi connectivity index (χ2v) is 4.63. The first kappa shape index (κ1) is 14.5. The van der Waals surface area contributed by atoms with Crippen molar-refractivity contribution < 1.29 is 24.2 Å². The summed E-state index contributed by atoms with van der Waals surface area (Å²) in [7, 11) is 0. The van der Waals surface area contributed by atoms with Gasteiger partial charge in [0.1, 0.15) is 5.75 Å². The molecule has 0 bridgehead atoms. The lowest BCUT2D eigenvalue weighted by Crippen LogP contribution is -2.18. The number of aromatic carboxylic acids is 1. The van der Waals surface area contributed by atoms with Crippen LogP contribution in [0.3, 0.4) is 0 Å². The third-order valence-electron chi connectivity index (χ3n) is 1.89. The van der Waals surface area contributed by atoms with E-state index in [-0.39, 0.29) is 18.3 Å². The Morgan fingerprint density at radius 3 is 2.56 bits per heavy atom. The number of carbonyl (C=O) groups is 2. The molecule has 0 atom stereocenters. The zero-order chi connectivity index (χ0) is 13.7. The van der Waals surface area contributed by atoms with Gasteiger partial charge in [-0.25, -0.2) is 9.59 Å². The summed E-state index contributed by atoms with van der Waals surface area (Å²) < 4.78 is 10.6. The van der Waals surface area contributed by atoms with E-state index in [1.165, 1.54) is 18.2 Å². The summed E-state index contributed by atoms with van der Waals surface area (Å²) in [6.07, 6.45) is -0.195. The van der Waals surface area contributed by atoms with Gasteiger partial charge >= 0.3 is 11.9 Å². The number of benzene rings is 1. The average Bonchev–Trinajstić information content (AvgIpc) is 2.26. The van der Waals surface area contributed by atoms with Crippen LogP contribution in [0, 0.1) is 0 Å². The summed E-state index contributed by atoms with van der Waals surface area (Å²) in [5, 5.41) is 8.78. The molecule has 0 unspecified atom stereocenters. The van der Waals surface area contributed by atoms with Crippen LogP contribution in [-0.4, -0.2) is 29.8 Å². The van der Waals surface area contributed by atoms with Crippen LogP contribution in [0.2, 0.25) is 0 Å². The van der Waals surface area contributed by atoms with Crippen molar-refractivity contribution in [3.8, 4) is 5.75 Å². The molecule has 5 nitrogen and oxygen atoms in total. The van der Waals surface area contributed by atoms with Crippen LogP contribution in [0.25, 0.3) is 0 Å². The summed E-state index contributed by atoms with van der Waals surface area (Å²) in [6.45, 7) is 3.27.